The van der Waals surface area contributed by atoms with Gasteiger partial charge in [-0.15, -0.1) is 11.8 Å². The summed E-state index contributed by atoms with van der Waals surface area (Å²) in [5.74, 6) is 2.26. The van der Waals surface area contributed by atoms with Gasteiger partial charge in [0, 0.05) is 17.9 Å². The van der Waals surface area contributed by atoms with Crippen LogP contribution in [0.3, 0.4) is 0 Å². The molecule has 0 fully saturated rings. The van der Waals surface area contributed by atoms with Crippen molar-refractivity contribution in [3.05, 3.63) is 41.5 Å². The molecule has 1 heterocycles. The maximum atomic E-state index is 5.17. The summed E-state index contributed by atoms with van der Waals surface area (Å²) in [6.07, 6.45) is 1.89. The monoisotopic (exact) mass is 291 g/mol. The van der Waals surface area contributed by atoms with Crippen LogP contribution < -0.4 is 5.32 Å². The minimum atomic E-state index is 0.740. The van der Waals surface area contributed by atoms with Crippen molar-refractivity contribution in [1.29, 1.82) is 0 Å². The van der Waals surface area contributed by atoms with Crippen LogP contribution in [0.2, 0.25) is 0 Å². The molecule has 0 saturated carbocycles. The van der Waals surface area contributed by atoms with Crippen LogP contribution in [0.25, 0.3) is 0 Å². The molecule has 0 bridgehead atoms. The van der Waals surface area contributed by atoms with E-state index in [1.807, 2.05) is 0 Å². The molecule has 2 aromatic rings. The van der Waals surface area contributed by atoms with E-state index < -0.39 is 0 Å². The molecule has 0 radical (unpaired) electrons. The van der Waals surface area contributed by atoms with Crippen LogP contribution in [0, 0.1) is 0 Å². The second-order valence-corrected chi connectivity index (χ2v) is 5.62. The number of hydrogen-bond acceptors (Lipinski definition) is 5. The van der Waals surface area contributed by atoms with Crippen LogP contribution in [0.4, 0.5) is 0 Å². The highest BCUT2D eigenvalue weighted by Gasteiger charge is 2.05. The van der Waals surface area contributed by atoms with Gasteiger partial charge >= 0.3 is 0 Å². The number of rotatable bonds is 8. The van der Waals surface area contributed by atoms with Gasteiger partial charge in [-0.1, -0.05) is 31.1 Å². The van der Waals surface area contributed by atoms with E-state index in [1.165, 1.54) is 10.5 Å². The molecule has 20 heavy (non-hydrogen) atoms. The molecule has 0 aliphatic rings. The van der Waals surface area contributed by atoms with Crippen LogP contribution in [0.1, 0.15) is 37.5 Å². The smallest absolute Gasteiger partial charge is 0.226 e. The molecule has 5 heteroatoms. The highest BCUT2D eigenvalue weighted by Crippen LogP contribution is 2.22. The first-order valence-corrected chi connectivity index (χ1v) is 8.04. The number of hydrogen-bond donors (Lipinski definition) is 1. The van der Waals surface area contributed by atoms with Crippen LogP contribution in [0.15, 0.2) is 33.7 Å². The third-order valence-electron chi connectivity index (χ3n) is 2.84. The van der Waals surface area contributed by atoms with Gasteiger partial charge in [0.05, 0.1) is 5.75 Å². The standard InChI is InChI=1S/C15H21N3OS/c1-3-5-15-17-14(18-19-15)11-20-13-8-6-12(7-9-13)10-16-4-2/h6-9,16H,3-5,10-11H2,1-2H3. The number of thioether (sulfide) groups is 1. The molecular formula is C15H21N3OS. The maximum Gasteiger partial charge on any atom is 0.226 e. The fraction of sp³-hybridized carbons (Fsp3) is 0.467. The Labute approximate surface area is 124 Å². The van der Waals surface area contributed by atoms with Gasteiger partial charge in [0.1, 0.15) is 0 Å². The van der Waals surface area contributed by atoms with Gasteiger partial charge in [0.15, 0.2) is 5.82 Å². The summed E-state index contributed by atoms with van der Waals surface area (Å²) in [7, 11) is 0. The van der Waals surface area contributed by atoms with Crippen molar-refractivity contribution >= 4 is 11.8 Å². The Morgan fingerprint density at radius 1 is 1.20 bits per heavy atom. The Bertz CT molecular complexity index is 510. The summed E-state index contributed by atoms with van der Waals surface area (Å²) >= 11 is 1.73. The Morgan fingerprint density at radius 3 is 2.70 bits per heavy atom. The second-order valence-electron chi connectivity index (χ2n) is 4.57. The third-order valence-corrected chi connectivity index (χ3v) is 3.85. The first-order chi connectivity index (χ1) is 9.81. The lowest BCUT2D eigenvalue weighted by atomic mass is 10.2. The van der Waals surface area contributed by atoms with Crippen molar-refractivity contribution in [2.75, 3.05) is 6.54 Å². The molecule has 1 aromatic heterocycles. The van der Waals surface area contributed by atoms with E-state index in [4.69, 9.17) is 4.52 Å². The van der Waals surface area contributed by atoms with E-state index in [0.29, 0.717) is 0 Å². The lowest BCUT2D eigenvalue weighted by molar-refractivity contribution is 0.373. The summed E-state index contributed by atoms with van der Waals surface area (Å²) in [6, 6.07) is 8.60. The highest BCUT2D eigenvalue weighted by molar-refractivity contribution is 7.98. The number of aryl methyl sites for hydroxylation is 1. The van der Waals surface area contributed by atoms with E-state index in [0.717, 1.165) is 43.4 Å². The van der Waals surface area contributed by atoms with Crippen LogP contribution in [0.5, 0.6) is 0 Å². The summed E-state index contributed by atoms with van der Waals surface area (Å²) in [5, 5.41) is 7.31. The van der Waals surface area contributed by atoms with Crippen LogP contribution in [-0.2, 0) is 18.7 Å². The van der Waals surface area contributed by atoms with Gasteiger partial charge in [-0.2, -0.15) is 4.98 Å². The molecule has 0 atom stereocenters. The minimum absolute atomic E-state index is 0.740. The second kappa shape index (κ2) is 8.07. The predicted octanol–water partition coefficient (Wildman–Crippen LogP) is 3.42. The molecule has 4 nitrogen and oxygen atoms in total. The van der Waals surface area contributed by atoms with E-state index >= 15 is 0 Å². The number of benzene rings is 1. The summed E-state index contributed by atoms with van der Waals surface area (Å²) in [5.41, 5.74) is 1.31. The Morgan fingerprint density at radius 2 is 2.00 bits per heavy atom. The molecular weight excluding hydrogens is 270 g/mol. The predicted molar refractivity (Wildman–Crippen MR) is 81.7 cm³/mol. The van der Waals surface area contributed by atoms with Crippen LogP contribution in [-0.4, -0.2) is 16.7 Å². The molecule has 0 spiro atoms. The SMILES string of the molecule is CCCc1nc(CSc2ccc(CNCC)cc2)no1. The lowest BCUT2D eigenvalue weighted by Crippen LogP contribution is -2.11. The van der Waals surface area contributed by atoms with Crippen molar-refractivity contribution in [2.24, 2.45) is 0 Å². The molecule has 2 rings (SSSR count). The van der Waals surface area contributed by atoms with Crippen molar-refractivity contribution < 1.29 is 4.52 Å². The molecule has 1 aromatic carbocycles. The zero-order chi connectivity index (χ0) is 14.2. The molecule has 108 valence electrons. The molecule has 0 amide bonds. The average molecular weight is 291 g/mol. The third kappa shape index (κ3) is 4.65. The van der Waals surface area contributed by atoms with E-state index in [2.05, 4.69) is 53.6 Å². The Hall–Kier alpha value is -1.33. The molecule has 1 N–H and O–H groups in total. The van der Waals surface area contributed by atoms with E-state index in [1.54, 1.807) is 11.8 Å². The summed E-state index contributed by atoms with van der Waals surface area (Å²) in [6.45, 7) is 6.14. The molecule has 0 aliphatic heterocycles. The molecule has 0 unspecified atom stereocenters. The van der Waals surface area contributed by atoms with Crippen molar-refractivity contribution in [3.8, 4) is 0 Å². The highest BCUT2D eigenvalue weighted by atomic mass is 32.2. The summed E-state index contributed by atoms with van der Waals surface area (Å²) < 4.78 is 5.17. The van der Waals surface area contributed by atoms with Gasteiger partial charge < -0.3 is 9.84 Å². The van der Waals surface area contributed by atoms with Gasteiger partial charge in [-0.3, -0.25) is 0 Å². The zero-order valence-corrected chi connectivity index (χ0v) is 12.9. The lowest BCUT2D eigenvalue weighted by Gasteiger charge is -2.03. The van der Waals surface area contributed by atoms with Gasteiger partial charge in [-0.25, -0.2) is 0 Å². The van der Waals surface area contributed by atoms with Gasteiger partial charge in [0.25, 0.3) is 0 Å². The average Bonchev–Trinajstić information content (AvgIpc) is 2.92. The topological polar surface area (TPSA) is 51.0 Å². The molecule has 0 saturated heterocycles. The van der Waals surface area contributed by atoms with E-state index in [-0.39, 0.29) is 0 Å². The first kappa shape index (κ1) is 15.1. The van der Waals surface area contributed by atoms with Crippen molar-refractivity contribution in [3.63, 3.8) is 0 Å². The van der Waals surface area contributed by atoms with Gasteiger partial charge in [-0.05, 0) is 30.7 Å². The fourth-order valence-corrected chi connectivity index (χ4v) is 2.53. The van der Waals surface area contributed by atoms with Crippen molar-refractivity contribution in [2.45, 2.75) is 43.9 Å². The number of nitrogens with one attached hydrogen (secondary N) is 1. The van der Waals surface area contributed by atoms with Crippen LogP contribution >= 0.6 is 11.8 Å². The zero-order valence-electron chi connectivity index (χ0n) is 12.1. The normalized spacial score (nSPS) is 10.9. The molecule has 0 aliphatic carbocycles. The number of aromatic nitrogens is 2. The first-order valence-electron chi connectivity index (χ1n) is 7.05. The largest absolute Gasteiger partial charge is 0.339 e. The van der Waals surface area contributed by atoms with E-state index in [9.17, 15) is 0 Å². The maximum absolute atomic E-state index is 5.17. The fourth-order valence-electron chi connectivity index (χ4n) is 1.78. The Kier molecular flexibility index (Phi) is 6.08. The van der Waals surface area contributed by atoms with Crippen molar-refractivity contribution in [1.82, 2.24) is 15.5 Å². The quantitative estimate of drug-likeness (QED) is 0.755. The summed E-state index contributed by atoms with van der Waals surface area (Å²) in [4.78, 5) is 5.59. The minimum Gasteiger partial charge on any atom is -0.339 e. The Balaban J connectivity index is 1.83. The number of nitrogens with zero attached hydrogens (tertiary/aromatic N) is 2. The van der Waals surface area contributed by atoms with Gasteiger partial charge in [0.2, 0.25) is 5.89 Å².